The number of carbonyl (C=O) groups excluding carboxylic acids is 1. The molecule has 0 aromatic rings. The zero-order valence-corrected chi connectivity index (χ0v) is 10.2. The van der Waals surface area contributed by atoms with E-state index in [0.717, 1.165) is 12.8 Å². The minimum atomic E-state index is -1.05. The van der Waals surface area contributed by atoms with Crippen LogP contribution in [-0.4, -0.2) is 47.7 Å². The molecule has 0 aromatic heterocycles. The maximum atomic E-state index is 11.7. The molecule has 0 saturated heterocycles. The number of hydrogen-bond donors (Lipinski definition) is 1. The molecule has 0 fully saturated rings. The number of nitrogens with zero attached hydrogens (tertiary/aromatic N) is 1. The van der Waals surface area contributed by atoms with Gasteiger partial charge in [-0.1, -0.05) is 13.8 Å². The average molecular weight is 231 g/mol. The third-order valence-electron chi connectivity index (χ3n) is 2.14. The molecule has 16 heavy (non-hydrogen) atoms. The van der Waals surface area contributed by atoms with Crippen LogP contribution in [0.15, 0.2) is 0 Å². The van der Waals surface area contributed by atoms with E-state index in [4.69, 9.17) is 9.84 Å². The summed E-state index contributed by atoms with van der Waals surface area (Å²) in [5, 5.41) is 8.59. The van der Waals surface area contributed by atoms with Crippen molar-refractivity contribution >= 4 is 11.9 Å². The number of hydrogen-bond acceptors (Lipinski definition) is 3. The number of ether oxygens (including phenoxy) is 1. The third kappa shape index (κ3) is 5.70. The summed E-state index contributed by atoms with van der Waals surface area (Å²) >= 11 is 0. The van der Waals surface area contributed by atoms with Gasteiger partial charge in [0.05, 0.1) is 0 Å². The quantitative estimate of drug-likeness (QED) is 0.680. The zero-order chi connectivity index (χ0) is 12.6. The lowest BCUT2D eigenvalue weighted by molar-refractivity contribution is -0.152. The second-order valence-electron chi connectivity index (χ2n) is 3.67. The van der Waals surface area contributed by atoms with E-state index >= 15 is 0 Å². The van der Waals surface area contributed by atoms with Gasteiger partial charge >= 0.3 is 5.97 Å². The van der Waals surface area contributed by atoms with Gasteiger partial charge in [0.25, 0.3) is 0 Å². The molecule has 1 amide bonds. The van der Waals surface area contributed by atoms with Crippen molar-refractivity contribution in [3.63, 3.8) is 0 Å². The first-order chi connectivity index (χ1) is 7.52. The molecule has 94 valence electrons. The van der Waals surface area contributed by atoms with Crippen molar-refractivity contribution in [2.24, 2.45) is 0 Å². The van der Waals surface area contributed by atoms with E-state index in [9.17, 15) is 9.59 Å². The van der Waals surface area contributed by atoms with Gasteiger partial charge in [-0.3, -0.25) is 4.79 Å². The fourth-order valence-electron chi connectivity index (χ4n) is 1.26. The van der Waals surface area contributed by atoms with Crippen molar-refractivity contribution < 1.29 is 19.4 Å². The maximum Gasteiger partial charge on any atom is 0.332 e. The molecule has 1 N–H and O–H groups in total. The number of carbonyl (C=O) groups is 2. The Morgan fingerprint density at radius 2 is 1.75 bits per heavy atom. The van der Waals surface area contributed by atoms with Gasteiger partial charge in [-0.25, -0.2) is 4.79 Å². The predicted molar refractivity (Wildman–Crippen MR) is 60.2 cm³/mol. The molecule has 5 nitrogen and oxygen atoms in total. The number of amides is 1. The van der Waals surface area contributed by atoms with Crippen LogP contribution in [0, 0.1) is 0 Å². The molecule has 0 aliphatic carbocycles. The summed E-state index contributed by atoms with van der Waals surface area (Å²) in [5.74, 6) is -1.19. The molecular formula is C11H21NO4. The Hall–Kier alpha value is -1.10. The van der Waals surface area contributed by atoms with E-state index in [1.165, 1.54) is 6.92 Å². The minimum absolute atomic E-state index is 0.142. The van der Waals surface area contributed by atoms with Gasteiger partial charge in [0.1, 0.15) is 6.61 Å². The van der Waals surface area contributed by atoms with Crippen LogP contribution in [0.4, 0.5) is 0 Å². The molecule has 0 saturated carbocycles. The Morgan fingerprint density at radius 3 is 2.12 bits per heavy atom. The molecule has 0 radical (unpaired) electrons. The topological polar surface area (TPSA) is 66.8 Å². The van der Waals surface area contributed by atoms with Crippen LogP contribution in [0.5, 0.6) is 0 Å². The summed E-state index contributed by atoms with van der Waals surface area (Å²) in [6.07, 6.45) is 0.842. The van der Waals surface area contributed by atoms with Crippen molar-refractivity contribution in [2.45, 2.75) is 39.7 Å². The minimum Gasteiger partial charge on any atom is -0.479 e. The van der Waals surface area contributed by atoms with E-state index in [2.05, 4.69) is 0 Å². The Balaban J connectivity index is 4.04. The molecule has 0 rings (SSSR count). The number of carboxylic acid groups (broad SMARTS) is 1. The molecule has 0 aliphatic rings. The van der Waals surface area contributed by atoms with Crippen molar-refractivity contribution in [2.75, 3.05) is 19.7 Å². The van der Waals surface area contributed by atoms with E-state index in [1.807, 2.05) is 13.8 Å². The van der Waals surface area contributed by atoms with Crippen LogP contribution < -0.4 is 0 Å². The molecule has 0 aromatic carbocycles. The zero-order valence-electron chi connectivity index (χ0n) is 10.2. The molecule has 0 aliphatic heterocycles. The summed E-state index contributed by atoms with van der Waals surface area (Å²) in [4.78, 5) is 23.8. The van der Waals surface area contributed by atoms with Crippen LogP contribution in [-0.2, 0) is 14.3 Å². The van der Waals surface area contributed by atoms with Crippen LogP contribution in [0.25, 0.3) is 0 Å². The van der Waals surface area contributed by atoms with E-state index in [0.29, 0.717) is 13.1 Å². The molecule has 0 spiro atoms. The second kappa shape index (κ2) is 8.10. The lowest BCUT2D eigenvalue weighted by Gasteiger charge is -2.21. The Kier molecular flexibility index (Phi) is 7.54. The fourth-order valence-corrected chi connectivity index (χ4v) is 1.26. The van der Waals surface area contributed by atoms with Gasteiger partial charge in [0, 0.05) is 13.1 Å². The van der Waals surface area contributed by atoms with E-state index in [1.54, 1.807) is 4.90 Å². The van der Waals surface area contributed by atoms with Crippen LogP contribution in [0.3, 0.4) is 0 Å². The largest absolute Gasteiger partial charge is 0.479 e. The van der Waals surface area contributed by atoms with Gasteiger partial charge in [0.2, 0.25) is 5.91 Å². The first-order valence-electron chi connectivity index (χ1n) is 5.65. The molecule has 5 heteroatoms. The first kappa shape index (κ1) is 14.9. The molecule has 0 bridgehead atoms. The lowest BCUT2D eigenvalue weighted by Crippen LogP contribution is -2.37. The Bertz CT molecular complexity index is 224. The predicted octanol–water partition coefficient (Wildman–Crippen LogP) is 1.12. The average Bonchev–Trinajstić information content (AvgIpc) is 2.24. The molecule has 1 atom stereocenters. The van der Waals surface area contributed by atoms with Gasteiger partial charge < -0.3 is 14.7 Å². The molecule has 0 unspecified atom stereocenters. The van der Waals surface area contributed by atoms with Gasteiger partial charge in [-0.05, 0) is 19.8 Å². The Morgan fingerprint density at radius 1 is 1.25 bits per heavy atom. The molecule has 0 heterocycles. The van der Waals surface area contributed by atoms with Crippen molar-refractivity contribution in [3.8, 4) is 0 Å². The summed E-state index contributed by atoms with van der Waals surface area (Å²) in [6.45, 7) is 6.63. The van der Waals surface area contributed by atoms with Gasteiger partial charge in [-0.15, -0.1) is 0 Å². The van der Waals surface area contributed by atoms with Crippen molar-refractivity contribution in [1.82, 2.24) is 4.90 Å². The summed E-state index contributed by atoms with van der Waals surface area (Å²) in [5.41, 5.74) is 0. The maximum absolute atomic E-state index is 11.7. The van der Waals surface area contributed by atoms with Gasteiger partial charge in [0.15, 0.2) is 6.10 Å². The third-order valence-corrected chi connectivity index (χ3v) is 2.14. The van der Waals surface area contributed by atoms with Crippen LogP contribution in [0.2, 0.25) is 0 Å². The summed E-state index contributed by atoms with van der Waals surface area (Å²) in [7, 11) is 0. The molecular weight excluding hydrogens is 210 g/mol. The number of carboxylic acids is 1. The van der Waals surface area contributed by atoms with Gasteiger partial charge in [-0.2, -0.15) is 0 Å². The first-order valence-corrected chi connectivity index (χ1v) is 5.65. The lowest BCUT2D eigenvalue weighted by atomic mass is 10.3. The smallest absolute Gasteiger partial charge is 0.332 e. The van der Waals surface area contributed by atoms with Crippen molar-refractivity contribution in [1.29, 1.82) is 0 Å². The highest BCUT2D eigenvalue weighted by Crippen LogP contribution is 1.98. The fraction of sp³-hybridized carbons (Fsp3) is 0.818. The normalized spacial score (nSPS) is 12.2. The summed E-state index contributed by atoms with van der Waals surface area (Å²) < 4.78 is 4.95. The standard InChI is InChI=1S/C11H21NO4/c1-4-6-12(7-5-2)10(13)8-16-9(3)11(14)15/h9H,4-8H2,1-3H3,(H,14,15)/t9-/m0/s1. The number of aliphatic carboxylic acids is 1. The highest BCUT2D eigenvalue weighted by molar-refractivity contribution is 5.78. The number of rotatable bonds is 8. The van der Waals surface area contributed by atoms with Crippen LogP contribution in [0.1, 0.15) is 33.6 Å². The Labute approximate surface area is 96.4 Å². The van der Waals surface area contributed by atoms with E-state index in [-0.39, 0.29) is 12.5 Å². The SMILES string of the molecule is CCCN(CCC)C(=O)CO[C@@H](C)C(=O)O. The highest BCUT2D eigenvalue weighted by Gasteiger charge is 2.16. The van der Waals surface area contributed by atoms with Crippen LogP contribution >= 0.6 is 0 Å². The van der Waals surface area contributed by atoms with E-state index < -0.39 is 12.1 Å². The highest BCUT2D eigenvalue weighted by atomic mass is 16.5. The summed E-state index contributed by atoms with van der Waals surface area (Å²) in [6, 6.07) is 0. The monoisotopic (exact) mass is 231 g/mol. The van der Waals surface area contributed by atoms with Crippen molar-refractivity contribution in [3.05, 3.63) is 0 Å². The second-order valence-corrected chi connectivity index (χ2v) is 3.67.